The van der Waals surface area contributed by atoms with Gasteiger partial charge in [0.15, 0.2) is 0 Å². The van der Waals surface area contributed by atoms with Crippen LogP contribution in [0.3, 0.4) is 0 Å². The van der Waals surface area contributed by atoms with Crippen LogP contribution in [0.15, 0.2) is 24.5 Å². The fourth-order valence-corrected chi connectivity index (χ4v) is 3.14. The molecule has 0 spiro atoms. The van der Waals surface area contributed by atoms with Gasteiger partial charge in [0.05, 0.1) is 6.26 Å². The highest BCUT2D eigenvalue weighted by Gasteiger charge is 2.20. The molecule has 23 heavy (non-hydrogen) atoms. The number of sulfonamides is 1. The fourth-order valence-electron chi connectivity index (χ4n) is 2.33. The molecule has 0 N–H and O–H groups in total. The van der Waals surface area contributed by atoms with Gasteiger partial charge in [-0.1, -0.05) is 13.8 Å². The van der Waals surface area contributed by atoms with Crippen molar-refractivity contribution in [2.75, 3.05) is 25.9 Å². The van der Waals surface area contributed by atoms with Gasteiger partial charge in [-0.15, -0.1) is 0 Å². The molecule has 0 aliphatic heterocycles. The average Bonchev–Trinajstić information content (AvgIpc) is 2.50. The number of amides is 1. The van der Waals surface area contributed by atoms with Crippen LogP contribution >= 0.6 is 0 Å². The van der Waals surface area contributed by atoms with Gasteiger partial charge in [0.1, 0.15) is 0 Å². The van der Waals surface area contributed by atoms with Crippen molar-refractivity contribution in [3.8, 4) is 0 Å². The summed E-state index contributed by atoms with van der Waals surface area (Å²) in [6, 6.07) is 3.56. The first kappa shape index (κ1) is 19.6. The first-order valence-electron chi connectivity index (χ1n) is 8.00. The van der Waals surface area contributed by atoms with E-state index >= 15 is 0 Å². The van der Waals surface area contributed by atoms with Crippen LogP contribution in [0.5, 0.6) is 0 Å². The lowest BCUT2D eigenvalue weighted by atomic mass is 10.2. The Bertz CT molecular complexity index is 569. The zero-order chi connectivity index (χ0) is 17.3. The summed E-state index contributed by atoms with van der Waals surface area (Å²) in [5.74, 6) is 0.0112. The maximum atomic E-state index is 12.3. The Labute approximate surface area is 139 Å². The van der Waals surface area contributed by atoms with E-state index in [0.29, 0.717) is 0 Å². The molecular weight excluding hydrogens is 314 g/mol. The second-order valence-electron chi connectivity index (χ2n) is 5.58. The zero-order valence-corrected chi connectivity index (χ0v) is 15.1. The number of carbonyl (C=O) groups excluding carboxylic acids is 1. The van der Waals surface area contributed by atoms with Crippen molar-refractivity contribution in [2.24, 2.45) is 0 Å². The van der Waals surface area contributed by atoms with Crippen LogP contribution in [0.2, 0.25) is 0 Å². The van der Waals surface area contributed by atoms with Gasteiger partial charge in [-0.05, 0) is 30.5 Å². The highest BCUT2D eigenvalue weighted by molar-refractivity contribution is 7.88. The van der Waals surface area contributed by atoms with E-state index in [0.717, 1.165) is 31.5 Å². The van der Waals surface area contributed by atoms with E-state index in [2.05, 4.69) is 4.98 Å². The van der Waals surface area contributed by atoms with Crippen molar-refractivity contribution in [3.05, 3.63) is 30.1 Å². The van der Waals surface area contributed by atoms with E-state index in [1.807, 2.05) is 18.7 Å². The number of nitrogens with zero attached hydrogens (tertiary/aromatic N) is 3. The van der Waals surface area contributed by atoms with Crippen LogP contribution in [0.1, 0.15) is 38.7 Å². The first-order chi connectivity index (χ1) is 10.9. The van der Waals surface area contributed by atoms with Crippen molar-refractivity contribution >= 4 is 15.9 Å². The van der Waals surface area contributed by atoms with Gasteiger partial charge >= 0.3 is 0 Å². The monoisotopic (exact) mass is 341 g/mol. The van der Waals surface area contributed by atoms with E-state index in [1.165, 1.54) is 10.6 Å². The number of aromatic nitrogens is 1. The van der Waals surface area contributed by atoms with Crippen LogP contribution in [-0.2, 0) is 21.4 Å². The lowest BCUT2D eigenvalue weighted by Gasteiger charge is -2.24. The fraction of sp³-hybridized carbons (Fsp3) is 0.625. The summed E-state index contributed by atoms with van der Waals surface area (Å²) in [6.45, 7) is 5.95. The Morgan fingerprint density at radius 1 is 1.09 bits per heavy atom. The third-order valence-electron chi connectivity index (χ3n) is 3.49. The minimum Gasteiger partial charge on any atom is -0.343 e. The molecule has 0 aliphatic carbocycles. The summed E-state index contributed by atoms with van der Waals surface area (Å²) < 4.78 is 25.3. The molecule has 0 fully saturated rings. The molecule has 6 nitrogen and oxygen atoms in total. The average molecular weight is 341 g/mol. The third kappa shape index (κ3) is 7.09. The number of carbonyl (C=O) groups is 1. The van der Waals surface area contributed by atoms with Crippen molar-refractivity contribution in [2.45, 2.75) is 39.7 Å². The predicted octanol–water partition coefficient (Wildman–Crippen LogP) is 1.88. The third-order valence-corrected chi connectivity index (χ3v) is 4.74. The largest absolute Gasteiger partial charge is 0.343 e. The smallest absolute Gasteiger partial charge is 0.223 e. The predicted molar refractivity (Wildman–Crippen MR) is 91.3 cm³/mol. The van der Waals surface area contributed by atoms with Gasteiger partial charge < -0.3 is 4.90 Å². The van der Waals surface area contributed by atoms with Crippen molar-refractivity contribution in [3.63, 3.8) is 0 Å². The Morgan fingerprint density at radius 2 is 1.65 bits per heavy atom. The van der Waals surface area contributed by atoms with E-state index in [1.54, 1.807) is 24.5 Å². The molecule has 1 aromatic heterocycles. The molecular formula is C16H27N3O3S. The van der Waals surface area contributed by atoms with E-state index in [-0.39, 0.29) is 25.4 Å². The second-order valence-corrected chi connectivity index (χ2v) is 7.57. The maximum absolute atomic E-state index is 12.3. The minimum atomic E-state index is -3.37. The molecule has 7 heteroatoms. The van der Waals surface area contributed by atoms with Crippen LogP contribution in [0.25, 0.3) is 0 Å². The summed E-state index contributed by atoms with van der Waals surface area (Å²) in [4.78, 5) is 18.0. The Morgan fingerprint density at radius 3 is 2.13 bits per heavy atom. The van der Waals surface area contributed by atoms with Crippen LogP contribution < -0.4 is 0 Å². The number of hydrogen-bond donors (Lipinski definition) is 0. The molecule has 0 saturated heterocycles. The Hall–Kier alpha value is -1.47. The van der Waals surface area contributed by atoms with Gasteiger partial charge in [-0.3, -0.25) is 9.78 Å². The van der Waals surface area contributed by atoms with Gasteiger partial charge in [-0.25, -0.2) is 8.42 Å². The topological polar surface area (TPSA) is 70.6 Å². The van der Waals surface area contributed by atoms with Crippen LogP contribution in [-0.4, -0.2) is 54.4 Å². The normalized spacial score (nSPS) is 11.7. The molecule has 0 aromatic carbocycles. The van der Waals surface area contributed by atoms with E-state index in [4.69, 9.17) is 0 Å². The van der Waals surface area contributed by atoms with Gasteiger partial charge in [0.2, 0.25) is 15.9 Å². The Kier molecular flexibility index (Phi) is 8.19. The van der Waals surface area contributed by atoms with Crippen LogP contribution in [0, 0.1) is 0 Å². The first-order valence-corrected chi connectivity index (χ1v) is 9.85. The molecule has 1 heterocycles. The van der Waals surface area contributed by atoms with Gasteiger partial charge in [0.25, 0.3) is 0 Å². The summed E-state index contributed by atoms with van der Waals surface area (Å²) in [7, 11) is -3.37. The van der Waals surface area contributed by atoms with Crippen molar-refractivity contribution in [1.82, 2.24) is 14.2 Å². The SMILES string of the molecule is CCCN(CCC)C(=O)CCN(Cc1ccncc1)S(C)(=O)=O. The maximum Gasteiger partial charge on any atom is 0.223 e. The zero-order valence-electron chi connectivity index (χ0n) is 14.2. The summed E-state index contributed by atoms with van der Waals surface area (Å²) in [5.41, 5.74) is 0.858. The molecule has 0 bridgehead atoms. The number of rotatable bonds is 10. The summed E-state index contributed by atoms with van der Waals surface area (Å²) in [5, 5.41) is 0. The van der Waals surface area contributed by atoms with Crippen molar-refractivity contribution in [1.29, 1.82) is 0 Å². The van der Waals surface area contributed by atoms with Gasteiger partial charge in [0, 0.05) is 45.0 Å². The van der Waals surface area contributed by atoms with Gasteiger partial charge in [-0.2, -0.15) is 4.31 Å². The van der Waals surface area contributed by atoms with Crippen LogP contribution in [0.4, 0.5) is 0 Å². The highest BCUT2D eigenvalue weighted by atomic mass is 32.2. The van der Waals surface area contributed by atoms with Crippen molar-refractivity contribution < 1.29 is 13.2 Å². The second kappa shape index (κ2) is 9.62. The molecule has 130 valence electrons. The quantitative estimate of drug-likeness (QED) is 0.651. The molecule has 0 aliphatic rings. The molecule has 1 rings (SSSR count). The molecule has 1 amide bonds. The highest BCUT2D eigenvalue weighted by Crippen LogP contribution is 2.09. The van der Waals surface area contributed by atoms with E-state index in [9.17, 15) is 13.2 Å². The molecule has 0 saturated carbocycles. The lowest BCUT2D eigenvalue weighted by Crippen LogP contribution is -2.37. The molecule has 0 unspecified atom stereocenters. The summed E-state index contributed by atoms with van der Waals surface area (Å²) in [6.07, 6.45) is 6.44. The number of hydrogen-bond acceptors (Lipinski definition) is 4. The standard InChI is InChI=1S/C16H27N3O3S/c1-4-11-18(12-5-2)16(20)8-13-19(23(3,21)22)14-15-6-9-17-10-7-15/h6-7,9-10H,4-5,8,11-14H2,1-3H3. The summed E-state index contributed by atoms with van der Waals surface area (Å²) >= 11 is 0. The Balaban J connectivity index is 2.69. The molecule has 1 aromatic rings. The van der Waals surface area contributed by atoms with E-state index < -0.39 is 10.0 Å². The lowest BCUT2D eigenvalue weighted by molar-refractivity contribution is -0.131. The molecule has 0 atom stereocenters. The minimum absolute atomic E-state index is 0.0112. The number of pyridine rings is 1. The molecule has 0 radical (unpaired) electrons.